The highest BCUT2D eigenvalue weighted by Crippen LogP contribution is 2.33. The van der Waals surface area contributed by atoms with E-state index >= 15 is 0 Å². The summed E-state index contributed by atoms with van der Waals surface area (Å²) < 4.78 is 7.84. The van der Waals surface area contributed by atoms with Crippen LogP contribution in [0.15, 0.2) is 42.5 Å². The Kier molecular flexibility index (Phi) is 5.87. The Balaban J connectivity index is 3.06. The summed E-state index contributed by atoms with van der Waals surface area (Å²) in [5.41, 5.74) is 0.583. The molecule has 7 heteroatoms. The van der Waals surface area contributed by atoms with Gasteiger partial charge in [-0.2, -0.15) is 0 Å². The third-order valence-corrected chi connectivity index (χ3v) is 2.87. The fourth-order valence-corrected chi connectivity index (χ4v) is 1.52. The highest BCUT2D eigenvalue weighted by atomic mass is 35.6. The van der Waals surface area contributed by atoms with E-state index in [0.717, 1.165) is 0 Å². The lowest BCUT2D eigenvalue weighted by Crippen LogP contribution is -2.26. The Labute approximate surface area is 131 Å². The van der Waals surface area contributed by atoms with Gasteiger partial charge in [-0.1, -0.05) is 71.7 Å². The standard InChI is InChI=1S/C13H12Cl3NO3/c1-8(11(18)19-2)10(9-6-4-3-5-7-9)20-12(17)13(14,15)16/h3-7,10,17H,1H2,2H3. The predicted molar refractivity (Wildman–Crippen MR) is 79.4 cm³/mol. The number of hydrogen-bond donors (Lipinski definition) is 1. The zero-order valence-corrected chi connectivity index (χ0v) is 12.8. The smallest absolute Gasteiger partial charge is 0.337 e. The van der Waals surface area contributed by atoms with Gasteiger partial charge in [0.2, 0.25) is 5.90 Å². The van der Waals surface area contributed by atoms with Crippen molar-refractivity contribution in [2.45, 2.75) is 9.90 Å². The number of benzene rings is 1. The van der Waals surface area contributed by atoms with Gasteiger partial charge in [0.25, 0.3) is 3.79 Å². The second-order valence-electron chi connectivity index (χ2n) is 3.75. The van der Waals surface area contributed by atoms with Gasteiger partial charge >= 0.3 is 5.97 Å². The maximum absolute atomic E-state index is 11.6. The molecule has 0 saturated heterocycles. The fourth-order valence-electron chi connectivity index (χ4n) is 1.39. The molecule has 1 aromatic rings. The van der Waals surface area contributed by atoms with Gasteiger partial charge in [-0.25, -0.2) is 4.79 Å². The topological polar surface area (TPSA) is 59.4 Å². The van der Waals surface area contributed by atoms with Gasteiger partial charge in [0, 0.05) is 0 Å². The van der Waals surface area contributed by atoms with E-state index in [1.807, 2.05) is 0 Å². The largest absolute Gasteiger partial charge is 0.466 e. The molecule has 4 nitrogen and oxygen atoms in total. The normalized spacial score (nSPS) is 12.4. The Hall–Kier alpha value is -1.23. The first kappa shape index (κ1) is 16.8. The minimum atomic E-state index is -2.02. The van der Waals surface area contributed by atoms with Crippen molar-refractivity contribution in [2.75, 3.05) is 7.11 Å². The molecule has 1 atom stereocenters. The first-order chi connectivity index (χ1) is 9.27. The van der Waals surface area contributed by atoms with Crippen LogP contribution >= 0.6 is 34.8 Å². The van der Waals surface area contributed by atoms with Crippen LogP contribution in [0.3, 0.4) is 0 Å². The monoisotopic (exact) mass is 335 g/mol. The fraction of sp³-hybridized carbons (Fsp3) is 0.231. The SMILES string of the molecule is C=C(C(=O)OC)C(OC(=N)C(Cl)(Cl)Cl)c1ccccc1. The van der Waals surface area contributed by atoms with Crippen molar-refractivity contribution in [2.24, 2.45) is 0 Å². The van der Waals surface area contributed by atoms with Crippen LogP contribution in [-0.2, 0) is 14.3 Å². The molecule has 1 aromatic carbocycles. The minimum absolute atomic E-state index is 0.00213. The van der Waals surface area contributed by atoms with E-state index in [1.165, 1.54) is 7.11 Å². The number of ether oxygens (including phenoxy) is 2. The molecule has 0 fully saturated rings. The van der Waals surface area contributed by atoms with Gasteiger partial charge in [-0.15, -0.1) is 0 Å². The van der Waals surface area contributed by atoms with Crippen LogP contribution in [0.4, 0.5) is 0 Å². The summed E-state index contributed by atoms with van der Waals surface area (Å²) >= 11 is 16.7. The Morgan fingerprint density at radius 1 is 1.30 bits per heavy atom. The van der Waals surface area contributed by atoms with Crippen LogP contribution in [0, 0.1) is 5.41 Å². The number of alkyl halides is 3. The molecule has 0 aliphatic heterocycles. The molecule has 0 saturated carbocycles. The molecule has 1 unspecified atom stereocenters. The number of carbonyl (C=O) groups excluding carboxylic acids is 1. The second-order valence-corrected chi connectivity index (χ2v) is 6.03. The van der Waals surface area contributed by atoms with E-state index in [-0.39, 0.29) is 5.57 Å². The Bertz CT molecular complexity index is 511. The first-order valence-electron chi connectivity index (χ1n) is 5.41. The van der Waals surface area contributed by atoms with Crippen LogP contribution in [-0.4, -0.2) is 22.8 Å². The molecule has 20 heavy (non-hydrogen) atoms. The minimum Gasteiger partial charge on any atom is -0.466 e. The number of methoxy groups -OCH3 is 1. The molecule has 0 aliphatic rings. The first-order valence-corrected chi connectivity index (χ1v) is 6.55. The second kappa shape index (κ2) is 6.97. The number of esters is 1. The summed E-state index contributed by atoms with van der Waals surface area (Å²) in [6.45, 7) is 3.61. The lowest BCUT2D eigenvalue weighted by Gasteiger charge is -2.23. The van der Waals surface area contributed by atoms with E-state index in [9.17, 15) is 4.79 Å². The number of hydrogen-bond acceptors (Lipinski definition) is 4. The number of rotatable bonds is 4. The van der Waals surface area contributed by atoms with Crippen LogP contribution < -0.4 is 0 Å². The van der Waals surface area contributed by atoms with Crippen molar-refractivity contribution in [1.29, 1.82) is 5.41 Å². The maximum Gasteiger partial charge on any atom is 0.337 e. The van der Waals surface area contributed by atoms with Crippen molar-refractivity contribution in [3.8, 4) is 0 Å². The Morgan fingerprint density at radius 2 is 1.85 bits per heavy atom. The van der Waals surface area contributed by atoms with Crippen molar-refractivity contribution in [3.05, 3.63) is 48.0 Å². The molecular weight excluding hydrogens is 325 g/mol. The maximum atomic E-state index is 11.6. The molecule has 0 heterocycles. The van der Waals surface area contributed by atoms with Crippen LogP contribution in [0.1, 0.15) is 11.7 Å². The molecule has 0 aromatic heterocycles. The van der Waals surface area contributed by atoms with Crippen molar-refractivity contribution < 1.29 is 14.3 Å². The van der Waals surface area contributed by atoms with E-state index in [4.69, 9.17) is 44.9 Å². The molecule has 108 valence electrons. The van der Waals surface area contributed by atoms with E-state index < -0.39 is 21.8 Å². The third kappa shape index (κ3) is 4.40. The summed E-state index contributed by atoms with van der Waals surface area (Å²) in [6, 6.07) is 8.68. The number of nitrogens with one attached hydrogen (secondary N) is 1. The lowest BCUT2D eigenvalue weighted by molar-refractivity contribution is -0.137. The average molecular weight is 337 g/mol. The van der Waals surface area contributed by atoms with Gasteiger partial charge in [0.15, 0.2) is 6.10 Å². The van der Waals surface area contributed by atoms with E-state index in [1.54, 1.807) is 30.3 Å². The van der Waals surface area contributed by atoms with Gasteiger partial charge in [-0.3, -0.25) is 5.41 Å². The summed E-state index contributed by atoms with van der Waals surface area (Å²) in [7, 11) is 1.22. The van der Waals surface area contributed by atoms with Crippen molar-refractivity contribution in [3.63, 3.8) is 0 Å². The molecule has 1 rings (SSSR count). The highest BCUT2D eigenvalue weighted by molar-refractivity contribution is 6.76. The van der Waals surface area contributed by atoms with Crippen molar-refractivity contribution in [1.82, 2.24) is 0 Å². The predicted octanol–water partition coefficient (Wildman–Crippen LogP) is 3.82. The van der Waals surface area contributed by atoms with Crippen LogP contribution in [0.2, 0.25) is 0 Å². The molecule has 0 aliphatic carbocycles. The average Bonchev–Trinajstić information content (AvgIpc) is 2.42. The highest BCUT2D eigenvalue weighted by Gasteiger charge is 2.33. The summed E-state index contributed by atoms with van der Waals surface area (Å²) in [6.07, 6.45) is -0.966. The third-order valence-electron chi connectivity index (χ3n) is 2.36. The molecule has 0 spiro atoms. The van der Waals surface area contributed by atoms with Crippen molar-refractivity contribution >= 4 is 46.7 Å². The van der Waals surface area contributed by atoms with Gasteiger partial charge in [-0.05, 0) is 5.56 Å². The molecule has 0 bridgehead atoms. The lowest BCUT2D eigenvalue weighted by atomic mass is 10.0. The summed E-state index contributed by atoms with van der Waals surface area (Å²) in [4.78, 5) is 11.6. The van der Waals surface area contributed by atoms with Crippen LogP contribution in [0.25, 0.3) is 0 Å². The van der Waals surface area contributed by atoms with Gasteiger partial charge < -0.3 is 9.47 Å². The van der Waals surface area contributed by atoms with E-state index in [0.29, 0.717) is 5.56 Å². The zero-order chi connectivity index (χ0) is 15.3. The molecule has 0 amide bonds. The number of halogens is 3. The number of carbonyl (C=O) groups is 1. The van der Waals surface area contributed by atoms with Gasteiger partial charge in [0.1, 0.15) is 0 Å². The molecule has 1 N–H and O–H groups in total. The zero-order valence-electron chi connectivity index (χ0n) is 10.5. The summed E-state index contributed by atoms with van der Waals surface area (Å²) in [5.74, 6) is -1.28. The molecular formula is C13H12Cl3NO3. The quantitative estimate of drug-likeness (QED) is 0.299. The van der Waals surface area contributed by atoms with Crippen LogP contribution in [0.5, 0.6) is 0 Å². The Morgan fingerprint density at radius 3 is 2.30 bits per heavy atom. The van der Waals surface area contributed by atoms with Gasteiger partial charge in [0.05, 0.1) is 12.7 Å². The summed E-state index contributed by atoms with van der Waals surface area (Å²) in [5, 5.41) is 7.60. The molecule has 0 radical (unpaired) electrons. The van der Waals surface area contributed by atoms with E-state index in [2.05, 4.69) is 11.3 Å².